The number of nitrogens with zero attached hydrogens (tertiary/aromatic N) is 1. The SMILES string of the molecule is O=C1CCC(N2Cc3cc(SCCBr)ccc3C2S)C(=O)N1. The van der Waals surface area contributed by atoms with Gasteiger partial charge in [-0.2, -0.15) is 12.6 Å². The maximum Gasteiger partial charge on any atom is 0.243 e. The molecule has 0 aliphatic carbocycles. The summed E-state index contributed by atoms with van der Waals surface area (Å²) in [4.78, 5) is 26.7. The van der Waals surface area contributed by atoms with E-state index in [0.29, 0.717) is 19.4 Å². The Bertz CT molecular complexity index is 611. The lowest BCUT2D eigenvalue weighted by atomic mass is 10.0. The first-order valence-corrected chi connectivity index (χ1v) is 9.81. The summed E-state index contributed by atoms with van der Waals surface area (Å²) < 4.78 is 0. The second-order valence-electron chi connectivity index (χ2n) is 5.41. The first-order chi connectivity index (χ1) is 10.6. The predicted octanol–water partition coefficient (Wildman–Crippen LogP) is 2.72. The highest BCUT2D eigenvalue weighted by atomic mass is 79.9. The first-order valence-electron chi connectivity index (χ1n) is 7.19. The highest BCUT2D eigenvalue weighted by molar-refractivity contribution is 9.09. The Labute approximate surface area is 147 Å². The van der Waals surface area contributed by atoms with E-state index in [0.717, 1.165) is 16.6 Å². The Morgan fingerprint density at radius 3 is 2.95 bits per heavy atom. The van der Waals surface area contributed by atoms with Crippen LogP contribution in [0.5, 0.6) is 0 Å². The number of carbonyl (C=O) groups is 2. The van der Waals surface area contributed by atoms with Crippen molar-refractivity contribution >= 4 is 52.1 Å². The number of amides is 2. The van der Waals surface area contributed by atoms with Crippen LogP contribution in [0.3, 0.4) is 0 Å². The van der Waals surface area contributed by atoms with Crippen molar-refractivity contribution in [3.63, 3.8) is 0 Å². The molecule has 22 heavy (non-hydrogen) atoms. The summed E-state index contributed by atoms with van der Waals surface area (Å²) in [5.74, 6) is 0.652. The fourth-order valence-corrected chi connectivity index (χ4v) is 4.64. The number of fused-ring (bicyclic) bond motifs is 1. The minimum atomic E-state index is -0.272. The molecular formula is C15H17BrN2O2S2. The van der Waals surface area contributed by atoms with Gasteiger partial charge in [-0.25, -0.2) is 0 Å². The van der Waals surface area contributed by atoms with Crippen LogP contribution in [0.15, 0.2) is 23.1 Å². The van der Waals surface area contributed by atoms with E-state index in [-0.39, 0.29) is 23.2 Å². The minimum absolute atomic E-state index is 0.0887. The van der Waals surface area contributed by atoms with E-state index in [4.69, 9.17) is 12.6 Å². The number of nitrogens with one attached hydrogen (secondary N) is 1. The summed E-state index contributed by atoms with van der Waals surface area (Å²) in [5.41, 5.74) is 2.39. The monoisotopic (exact) mass is 400 g/mol. The van der Waals surface area contributed by atoms with Crippen LogP contribution < -0.4 is 5.32 Å². The lowest BCUT2D eigenvalue weighted by molar-refractivity contribution is -0.137. The van der Waals surface area contributed by atoms with Crippen LogP contribution in [0.25, 0.3) is 0 Å². The van der Waals surface area contributed by atoms with Crippen molar-refractivity contribution in [3.05, 3.63) is 29.3 Å². The number of thioether (sulfide) groups is 1. The molecule has 2 heterocycles. The Morgan fingerprint density at radius 2 is 2.23 bits per heavy atom. The van der Waals surface area contributed by atoms with Gasteiger partial charge < -0.3 is 0 Å². The molecule has 2 unspecified atom stereocenters. The second-order valence-corrected chi connectivity index (χ2v) is 7.86. The second kappa shape index (κ2) is 6.95. The highest BCUT2D eigenvalue weighted by Gasteiger charge is 2.38. The number of piperidine rings is 1. The number of thiol groups is 1. The predicted molar refractivity (Wildman–Crippen MR) is 94.4 cm³/mol. The average Bonchev–Trinajstić information content (AvgIpc) is 2.82. The lowest BCUT2D eigenvalue weighted by Gasteiger charge is -2.32. The number of hydrogen-bond acceptors (Lipinski definition) is 5. The Morgan fingerprint density at radius 1 is 1.41 bits per heavy atom. The van der Waals surface area contributed by atoms with E-state index in [2.05, 4.69) is 44.3 Å². The summed E-state index contributed by atoms with van der Waals surface area (Å²) in [6, 6.07) is 6.14. The van der Waals surface area contributed by atoms with Crippen LogP contribution in [0.2, 0.25) is 0 Å². The van der Waals surface area contributed by atoms with Gasteiger partial charge in [0, 0.05) is 28.9 Å². The molecule has 1 fully saturated rings. The number of imide groups is 1. The van der Waals surface area contributed by atoms with Crippen molar-refractivity contribution in [3.8, 4) is 0 Å². The minimum Gasteiger partial charge on any atom is -0.295 e. The number of hydrogen-bond donors (Lipinski definition) is 2. The molecule has 0 aromatic heterocycles. The van der Waals surface area contributed by atoms with Gasteiger partial charge in [-0.05, 0) is 29.7 Å². The van der Waals surface area contributed by atoms with Crippen LogP contribution >= 0.6 is 40.3 Å². The number of alkyl halides is 1. The Hall–Kier alpha value is -0.500. The summed E-state index contributed by atoms with van der Waals surface area (Å²) >= 11 is 9.94. The molecule has 2 amide bonds. The van der Waals surface area contributed by atoms with Gasteiger partial charge in [-0.1, -0.05) is 22.0 Å². The number of carbonyl (C=O) groups excluding carboxylic acids is 2. The topological polar surface area (TPSA) is 49.4 Å². The fourth-order valence-electron chi connectivity index (χ4n) is 2.96. The molecule has 1 N–H and O–H groups in total. The highest BCUT2D eigenvalue weighted by Crippen LogP contribution is 2.40. The van der Waals surface area contributed by atoms with Crippen molar-refractivity contribution in [2.75, 3.05) is 11.1 Å². The number of halogens is 1. The van der Waals surface area contributed by atoms with Crippen molar-refractivity contribution < 1.29 is 9.59 Å². The zero-order valence-electron chi connectivity index (χ0n) is 11.9. The molecule has 0 radical (unpaired) electrons. The lowest BCUT2D eigenvalue weighted by Crippen LogP contribution is -2.51. The van der Waals surface area contributed by atoms with Crippen LogP contribution in [-0.2, 0) is 16.1 Å². The van der Waals surface area contributed by atoms with Gasteiger partial charge in [-0.15, -0.1) is 11.8 Å². The van der Waals surface area contributed by atoms with Gasteiger partial charge in [-0.3, -0.25) is 19.8 Å². The summed E-state index contributed by atoms with van der Waals surface area (Å²) in [6.45, 7) is 0.707. The van der Waals surface area contributed by atoms with Gasteiger partial charge in [0.25, 0.3) is 0 Å². The third-order valence-corrected chi connectivity index (χ3v) is 6.51. The molecule has 2 aliphatic heterocycles. The molecule has 7 heteroatoms. The molecule has 2 aliphatic rings. The van der Waals surface area contributed by atoms with Crippen molar-refractivity contribution in [1.82, 2.24) is 10.2 Å². The van der Waals surface area contributed by atoms with E-state index in [1.807, 2.05) is 11.8 Å². The third-order valence-electron chi connectivity index (χ3n) is 4.02. The third kappa shape index (κ3) is 3.22. The molecule has 118 valence electrons. The quantitative estimate of drug-likeness (QED) is 0.353. The normalized spacial score (nSPS) is 25.2. The molecule has 1 aromatic carbocycles. The van der Waals surface area contributed by atoms with Gasteiger partial charge in [0.2, 0.25) is 11.8 Å². The summed E-state index contributed by atoms with van der Waals surface area (Å²) in [7, 11) is 0. The fraction of sp³-hybridized carbons (Fsp3) is 0.467. The molecule has 0 saturated carbocycles. The van der Waals surface area contributed by atoms with Crippen LogP contribution in [0.4, 0.5) is 0 Å². The van der Waals surface area contributed by atoms with E-state index in [1.165, 1.54) is 10.5 Å². The molecule has 4 nitrogen and oxygen atoms in total. The largest absolute Gasteiger partial charge is 0.295 e. The first kappa shape index (κ1) is 16.4. The zero-order chi connectivity index (χ0) is 15.7. The van der Waals surface area contributed by atoms with E-state index < -0.39 is 0 Å². The molecule has 3 rings (SSSR count). The maximum absolute atomic E-state index is 12.1. The maximum atomic E-state index is 12.1. The van der Waals surface area contributed by atoms with Crippen LogP contribution in [0, 0.1) is 0 Å². The molecule has 1 aromatic rings. The molecule has 0 spiro atoms. The standard InChI is InChI=1S/C15H17BrN2O2S2/c16-5-6-22-10-1-2-11-9(7-10)8-18(15(11)21)12-3-4-13(19)17-14(12)20/h1-2,7,12,15,21H,3-6,8H2,(H,17,19,20). The van der Waals surface area contributed by atoms with Gasteiger partial charge in [0.15, 0.2) is 0 Å². The summed E-state index contributed by atoms with van der Waals surface area (Å²) in [5, 5.41) is 3.31. The average molecular weight is 401 g/mol. The molecule has 2 atom stereocenters. The van der Waals surface area contributed by atoms with Crippen molar-refractivity contribution in [2.45, 2.75) is 35.7 Å². The Kier molecular flexibility index (Phi) is 5.17. The van der Waals surface area contributed by atoms with E-state index in [9.17, 15) is 9.59 Å². The summed E-state index contributed by atoms with van der Waals surface area (Å²) in [6.07, 6.45) is 0.969. The van der Waals surface area contributed by atoms with Crippen molar-refractivity contribution in [2.24, 2.45) is 0 Å². The van der Waals surface area contributed by atoms with Gasteiger partial charge >= 0.3 is 0 Å². The van der Waals surface area contributed by atoms with Crippen LogP contribution in [0.1, 0.15) is 29.3 Å². The van der Waals surface area contributed by atoms with Crippen molar-refractivity contribution in [1.29, 1.82) is 0 Å². The van der Waals surface area contributed by atoms with E-state index >= 15 is 0 Å². The Balaban J connectivity index is 1.77. The van der Waals surface area contributed by atoms with E-state index in [1.54, 1.807) is 0 Å². The number of rotatable bonds is 4. The van der Waals surface area contributed by atoms with Gasteiger partial charge in [0.1, 0.15) is 0 Å². The smallest absolute Gasteiger partial charge is 0.243 e. The van der Waals surface area contributed by atoms with Crippen LogP contribution in [-0.4, -0.2) is 33.8 Å². The molecular weight excluding hydrogens is 384 g/mol. The zero-order valence-corrected chi connectivity index (χ0v) is 15.2. The molecule has 0 bridgehead atoms. The molecule has 1 saturated heterocycles. The number of benzene rings is 1. The van der Waals surface area contributed by atoms with Gasteiger partial charge in [0.05, 0.1) is 11.4 Å².